The molecule has 0 unspecified atom stereocenters. The molecule has 1 aliphatic rings. The number of carbonyl (C=O) groups is 1. The minimum absolute atomic E-state index is 0.0193. The summed E-state index contributed by atoms with van der Waals surface area (Å²) in [6.45, 7) is 1.06. The van der Waals surface area contributed by atoms with E-state index in [1.807, 2.05) is 30.3 Å². The Morgan fingerprint density at radius 2 is 1.86 bits per heavy atom. The minimum atomic E-state index is -3.88. The fourth-order valence-corrected chi connectivity index (χ4v) is 4.37. The summed E-state index contributed by atoms with van der Waals surface area (Å²) in [5.41, 5.74) is 0.860. The molecular weight excluding hydrogens is 400 g/mol. The topological polar surface area (TPSA) is 84.5 Å². The number of carbonyl (C=O) groups excluding carboxylic acids is 1. The van der Waals surface area contributed by atoms with E-state index in [1.54, 1.807) is 0 Å². The predicted molar refractivity (Wildman–Crippen MR) is 108 cm³/mol. The summed E-state index contributed by atoms with van der Waals surface area (Å²) < 4.78 is 33.5. The van der Waals surface area contributed by atoms with Crippen LogP contribution in [-0.4, -0.2) is 39.6 Å². The second-order valence-electron chi connectivity index (χ2n) is 6.70. The van der Waals surface area contributed by atoms with Crippen LogP contribution in [0.1, 0.15) is 18.4 Å². The van der Waals surface area contributed by atoms with Crippen LogP contribution in [0.2, 0.25) is 5.02 Å². The van der Waals surface area contributed by atoms with Gasteiger partial charge in [0.2, 0.25) is 15.9 Å². The first-order chi connectivity index (χ1) is 13.4. The van der Waals surface area contributed by atoms with Crippen molar-refractivity contribution in [3.63, 3.8) is 0 Å². The van der Waals surface area contributed by atoms with Crippen molar-refractivity contribution in [1.82, 2.24) is 10.0 Å². The molecule has 150 valence electrons. The van der Waals surface area contributed by atoms with E-state index < -0.39 is 16.1 Å². The van der Waals surface area contributed by atoms with Gasteiger partial charge in [-0.3, -0.25) is 4.79 Å². The fraction of sp³-hybridized carbons (Fsp3) is 0.350. The Bertz CT molecular complexity index is 882. The Kier molecular flexibility index (Phi) is 7.07. The first-order valence-corrected chi connectivity index (χ1v) is 11.0. The van der Waals surface area contributed by atoms with Crippen LogP contribution in [0.25, 0.3) is 0 Å². The van der Waals surface area contributed by atoms with E-state index in [2.05, 4.69) is 10.0 Å². The molecule has 1 aliphatic heterocycles. The van der Waals surface area contributed by atoms with Crippen LogP contribution < -0.4 is 10.0 Å². The van der Waals surface area contributed by atoms with Crippen LogP contribution in [0, 0.1) is 0 Å². The molecule has 1 heterocycles. The SMILES string of the molecule is O=C(NC[C@@H]1CCCO1)[C@H](Cc1ccccc1)NS(=O)(=O)c1ccc(Cl)cc1. The summed E-state index contributed by atoms with van der Waals surface area (Å²) in [5.74, 6) is -0.378. The summed E-state index contributed by atoms with van der Waals surface area (Å²) in [5, 5.41) is 3.26. The predicted octanol–water partition coefficient (Wildman–Crippen LogP) is 2.52. The molecule has 2 N–H and O–H groups in total. The Morgan fingerprint density at radius 3 is 2.50 bits per heavy atom. The molecule has 2 aromatic rings. The van der Waals surface area contributed by atoms with Gasteiger partial charge in [0.25, 0.3) is 0 Å². The summed E-state index contributed by atoms with van der Waals surface area (Å²) in [4.78, 5) is 12.8. The van der Waals surface area contributed by atoms with E-state index >= 15 is 0 Å². The van der Waals surface area contributed by atoms with Crippen molar-refractivity contribution in [3.8, 4) is 0 Å². The van der Waals surface area contributed by atoms with Crippen molar-refractivity contribution in [2.24, 2.45) is 0 Å². The van der Waals surface area contributed by atoms with E-state index in [-0.39, 0.29) is 23.3 Å². The molecule has 0 saturated carbocycles. The number of rotatable bonds is 8. The molecule has 1 amide bonds. The summed E-state index contributed by atoms with van der Waals surface area (Å²) in [7, 11) is -3.88. The standard InChI is InChI=1S/C20H23ClN2O4S/c21-16-8-10-18(11-9-16)28(25,26)23-19(13-15-5-2-1-3-6-15)20(24)22-14-17-7-4-12-27-17/h1-3,5-6,8-11,17,19,23H,4,7,12-14H2,(H,22,24)/t17-,19-/m0/s1. The monoisotopic (exact) mass is 422 g/mol. The Balaban J connectivity index is 1.74. The molecule has 0 aliphatic carbocycles. The van der Waals surface area contributed by atoms with Crippen LogP contribution in [0.15, 0.2) is 59.5 Å². The van der Waals surface area contributed by atoms with E-state index in [1.165, 1.54) is 24.3 Å². The molecule has 8 heteroatoms. The van der Waals surface area contributed by atoms with Gasteiger partial charge in [0.05, 0.1) is 11.0 Å². The maximum atomic E-state index is 12.8. The second-order valence-corrected chi connectivity index (χ2v) is 8.85. The maximum absolute atomic E-state index is 12.8. The highest BCUT2D eigenvalue weighted by Crippen LogP contribution is 2.16. The number of hydrogen-bond acceptors (Lipinski definition) is 4. The molecule has 2 aromatic carbocycles. The van der Waals surface area contributed by atoms with Crippen molar-refractivity contribution in [1.29, 1.82) is 0 Å². The summed E-state index contributed by atoms with van der Waals surface area (Å²) in [6, 6.07) is 14.2. The smallest absolute Gasteiger partial charge is 0.241 e. The van der Waals surface area contributed by atoms with Crippen molar-refractivity contribution in [2.45, 2.75) is 36.3 Å². The zero-order valence-electron chi connectivity index (χ0n) is 15.3. The van der Waals surface area contributed by atoms with Crippen LogP contribution in [-0.2, 0) is 26.0 Å². The van der Waals surface area contributed by atoms with Crippen LogP contribution in [0.4, 0.5) is 0 Å². The van der Waals surface area contributed by atoms with E-state index in [0.29, 0.717) is 18.2 Å². The Morgan fingerprint density at radius 1 is 1.14 bits per heavy atom. The van der Waals surface area contributed by atoms with Gasteiger partial charge in [0.15, 0.2) is 0 Å². The van der Waals surface area contributed by atoms with Crippen molar-refractivity contribution in [2.75, 3.05) is 13.2 Å². The van der Waals surface area contributed by atoms with Crippen LogP contribution in [0.3, 0.4) is 0 Å². The van der Waals surface area contributed by atoms with Gasteiger partial charge in [-0.25, -0.2) is 8.42 Å². The number of sulfonamides is 1. The van der Waals surface area contributed by atoms with E-state index in [9.17, 15) is 13.2 Å². The molecule has 0 aromatic heterocycles. The number of halogens is 1. The fourth-order valence-electron chi connectivity index (χ4n) is 3.05. The lowest BCUT2D eigenvalue weighted by Gasteiger charge is -2.20. The number of ether oxygens (including phenoxy) is 1. The third kappa shape index (κ3) is 5.78. The number of nitrogens with one attached hydrogen (secondary N) is 2. The van der Waals surface area contributed by atoms with Gasteiger partial charge in [-0.2, -0.15) is 4.72 Å². The zero-order valence-corrected chi connectivity index (χ0v) is 16.9. The van der Waals surface area contributed by atoms with Crippen molar-refractivity contribution in [3.05, 3.63) is 65.2 Å². The highest BCUT2D eigenvalue weighted by molar-refractivity contribution is 7.89. The van der Waals surface area contributed by atoms with Crippen LogP contribution >= 0.6 is 11.6 Å². The average molecular weight is 423 g/mol. The van der Waals surface area contributed by atoms with E-state index in [0.717, 1.165) is 18.4 Å². The van der Waals surface area contributed by atoms with Gasteiger partial charge in [-0.05, 0) is 49.1 Å². The van der Waals surface area contributed by atoms with Gasteiger partial charge >= 0.3 is 0 Å². The molecule has 6 nitrogen and oxygen atoms in total. The average Bonchev–Trinajstić information content (AvgIpc) is 3.20. The lowest BCUT2D eigenvalue weighted by molar-refractivity contribution is -0.123. The zero-order chi connectivity index (χ0) is 20.0. The molecular formula is C20H23ClN2O4S. The van der Waals surface area contributed by atoms with Gasteiger partial charge in [-0.1, -0.05) is 41.9 Å². The minimum Gasteiger partial charge on any atom is -0.376 e. The van der Waals surface area contributed by atoms with Crippen LogP contribution in [0.5, 0.6) is 0 Å². The Hall–Kier alpha value is -1.93. The molecule has 1 fully saturated rings. The van der Waals surface area contributed by atoms with Gasteiger partial charge in [0, 0.05) is 18.2 Å². The molecule has 1 saturated heterocycles. The second kappa shape index (κ2) is 9.52. The maximum Gasteiger partial charge on any atom is 0.241 e. The largest absolute Gasteiger partial charge is 0.376 e. The number of hydrogen-bond donors (Lipinski definition) is 2. The molecule has 0 spiro atoms. The lowest BCUT2D eigenvalue weighted by atomic mass is 10.1. The van der Waals surface area contributed by atoms with E-state index in [4.69, 9.17) is 16.3 Å². The molecule has 0 bridgehead atoms. The first kappa shape index (κ1) is 20.8. The van der Waals surface area contributed by atoms with Crippen molar-refractivity contribution >= 4 is 27.5 Å². The highest BCUT2D eigenvalue weighted by Gasteiger charge is 2.27. The lowest BCUT2D eigenvalue weighted by Crippen LogP contribution is -2.49. The van der Waals surface area contributed by atoms with Gasteiger partial charge in [-0.15, -0.1) is 0 Å². The molecule has 2 atom stereocenters. The van der Waals surface area contributed by atoms with Gasteiger partial charge in [0.1, 0.15) is 6.04 Å². The Labute approximate surface area is 170 Å². The third-order valence-electron chi connectivity index (χ3n) is 4.55. The quantitative estimate of drug-likeness (QED) is 0.684. The molecule has 28 heavy (non-hydrogen) atoms. The molecule has 3 rings (SSSR count). The van der Waals surface area contributed by atoms with Gasteiger partial charge < -0.3 is 10.1 Å². The molecule has 0 radical (unpaired) electrons. The summed E-state index contributed by atoms with van der Waals surface area (Å²) >= 11 is 5.84. The number of amides is 1. The first-order valence-electron chi connectivity index (χ1n) is 9.15. The third-order valence-corrected chi connectivity index (χ3v) is 6.29. The highest BCUT2D eigenvalue weighted by atomic mass is 35.5. The normalized spacial score (nSPS) is 18.0. The number of benzene rings is 2. The summed E-state index contributed by atoms with van der Waals surface area (Å²) in [6.07, 6.45) is 2.08. The van der Waals surface area contributed by atoms with Crippen molar-refractivity contribution < 1.29 is 17.9 Å².